The molecule has 0 unspecified atom stereocenters. The zero-order valence-corrected chi connectivity index (χ0v) is 20.6. The normalized spacial score (nSPS) is 18.9. The Morgan fingerprint density at radius 1 is 1.00 bits per heavy atom. The number of nitrogens with one attached hydrogen (secondary N) is 1. The van der Waals surface area contributed by atoms with Crippen molar-refractivity contribution in [2.45, 2.75) is 56.9 Å². The summed E-state index contributed by atoms with van der Waals surface area (Å²) in [6.07, 6.45) is 8.13. The van der Waals surface area contributed by atoms with Crippen LogP contribution < -0.4 is 11.1 Å². The molecule has 35 heavy (non-hydrogen) atoms. The molecule has 0 saturated carbocycles. The quantitative estimate of drug-likeness (QED) is 0.513. The second-order valence-corrected chi connectivity index (χ2v) is 10.2. The minimum Gasteiger partial charge on any atom is -0.383 e. The molecule has 6 heteroatoms. The minimum absolute atomic E-state index is 0.393. The zero-order valence-electron chi connectivity index (χ0n) is 20.6. The van der Waals surface area contributed by atoms with Gasteiger partial charge in [0.2, 0.25) is 0 Å². The van der Waals surface area contributed by atoms with Crippen molar-refractivity contribution in [2.75, 3.05) is 25.5 Å². The van der Waals surface area contributed by atoms with Gasteiger partial charge in [0.1, 0.15) is 5.82 Å². The van der Waals surface area contributed by atoms with Crippen LogP contribution in [0.2, 0.25) is 0 Å². The maximum absolute atomic E-state index is 9.55. The Labute approximate surface area is 207 Å². The van der Waals surface area contributed by atoms with Crippen molar-refractivity contribution in [1.29, 1.82) is 5.26 Å². The van der Waals surface area contributed by atoms with Gasteiger partial charge >= 0.3 is 0 Å². The number of benzene rings is 1. The second-order valence-electron chi connectivity index (χ2n) is 10.2. The number of pyridine rings is 2. The monoisotopic (exact) mass is 467 g/mol. The Hall–Kier alpha value is -3.27. The van der Waals surface area contributed by atoms with Crippen LogP contribution >= 0.6 is 0 Å². The lowest BCUT2D eigenvalue weighted by atomic mass is 9.84. The van der Waals surface area contributed by atoms with Gasteiger partial charge in [-0.25, -0.2) is 4.98 Å². The van der Waals surface area contributed by atoms with E-state index < -0.39 is 5.41 Å². The van der Waals surface area contributed by atoms with Gasteiger partial charge in [-0.2, -0.15) is 5.26 Å². The third-order valence-electron chi connectivity index (χ3n) is 7.43. The molecule has 2 fully saturated rings. The van der Waals surface area contributed by atoms with E-state index in [4.69, 9.17) is 10.5 Å². The van der Waals surface area contributed by atoms with Crippen molar-refractivity contribution in [3.05, 3.63) is 65.6 Å². The summed E-state index contributed by atoms with van der Waals surface area (Å²) in [6.45, 7) is 6.49. The highest BCUT2D eigenvalue weighted by Crippen LogP contribution is 2.38. The number of nitrogen functional groups attached to an aromatic ring is 1. The number of aromatic nitrogens is 2. The SMILES string of the molecule is CC(C)(C#N)c1cc(-c2cc(-c3ccc(C4CCOCC4)c([C@@H]4CCCN4)c3)cnc2N)ccn1. The predicted molar refractivity (Wildman–Crippen MR) is 139 cm³/mol. The van der Waals surface area contributed by atoms with Crippen LogP contribution in [0.25, 0.3) is 22.3 Å². The van der Waals surface area contributed by atoms with E-state index in [1.165, 1.54) is 24.0 Å². The van der Waals surface area contributed by atoms with Crippen molar-refractivity contribution >= 4 is 5.82 Å². The van der Waals surface area contributed by atoms with Crippen LogP contribution in [0.15, 0.2) is 48.8 Å². The van der Waals surface area contributed by atoms with Gasteiger partial charge in [-0.1, -0.05) is 12.1 Å². The number of nitriles is 1. The molecule has 1 aromatic carbocycles. The number of anilines is 1. The fourth-order valence-electron chi connectivity index (χ4n) is 5.25. The highest BCUT2D eigenvalue weighted by Gasteiger charge is 2.26. The van der Waals surface area contributed by atoms with Crippen LogP contribution in [0, 0.1) is 11.3 Å². The number of ether oxygens (including phenoxy) is 1. The van der Waals surface area contributed by atoms with Gasteiger partial charge in [0.15, 0.2) is 0 Å². The summed E-state index contributed by atoms with van der Waals surface area (Å²) in [5.41, 5.74) is 13.2. The zero-order chi connectivity index (χ0) is 24.4. The summed E-state index contributed by atoms with van der Waals surface area (Å²) >= 11 is 0. The lowest BCUT2D eigenvalue weighted by Crippen LogP contribution is -2.19. The van der Waals surface area contributed by atoms with Crippen LogP contribution in [-0.2, 0) is 10.2 Å². The van der Waals surface area contributed by atoms with Crippen LogP contribution in [-0.4, -0.2) is 29.7 Å². The molecule has 0 amide bonds. The third-order valence-corrected chi connectivity index (χ3v) is 7.43. The molecule has 180 valence electrons. The largest absolute Gasteiger partial charge is 0.383 e. The standard InChI is InChI=1S/C29H33N5O/c1-29(2,18-30)27-16-21(7-11-33-27)24-15-22(17-34-28(24)31)20-5-6-23(19-8-12-35-13-9-19)25(14-20)26-4-3-10-32-26/h5-7,11,14-17,19,26,32H,3-4,8-10,12-13H2,1-2H3,(H2,31,34)/t26-/m0/s1. The van der Waals surface area contributed by atoms with Crippen molar-refractivity contribution in [3.63, 3.8) is 0 Å². The molecule has 0 spiro atoms. The van der Waals surface area contributed by atoms with E-state index in [-0.39, 0.29) is 0 Å². The average molecular weight is 468 g/mol. The second kappa shape index (κ2) is 9.77. The molecular formula is C29H33N5O. The van der Waals surface area contributed by atoms with Crippen LogP contribution in [0.3, 0.4) is 0 Å². The third kappa shape index (κ3) is 4.80. The van der Waals surface area contributed by atoms with Gasteiger partial charge in [-0.05, 0) is 98.5 Å². The maximum atomic E-state index is 9.55. The number of hydrogen-bond donors (Lipinski definition) is 2. The van der Waals surface area contributed by atoms with E-state index in [2.05, 4.69) is 45.6 Å². The van der Waals surface area contributed by atoms with E-state index in [1.807, 2.05) is 32.2 Å². The van der Waals surface area contributed by atoms with Gasteiger partial charge < -0.3 is 15.8 Å². The number of hydrogen-bond acceptors (Lipinski definition) is 6. The minimum atomic E-state index is -0.682. The molecule has 6 nitrogen and oxygen atoms in total. The van der Waals surface area contributed by atoms with Gasteiger partial charge in [0.25, 0.3) is 0 Å². The number of rotatable bonds is 5. The summed E-state index contributed by atoms with van der Waals surface area (Å²) in [5, 5.41) is 13.3. The molecule has 5 rings (SSSR count). The first-order chi connectivity index (χ1) is 17.0. The molecule has 2 saturated heterocycles. The first-order valence-electron chi connectivity index (χ1n) is 12.6. The molecular weight excluding hydrogens is 434 g/mol. The van der Waals surface area contributed by atoms with Crippen LogP contribution in [0.4, 0.5) is 5.82 Å². The van der Waals surface area contributed by atoms with E-state index >= 15 is 0 Å². The highest BCUT2D eigenvalue weighted by molar-refractivity contribution is 5.79. The maximum Gasteiger partial charge on any atom is 0.131 e. The van der Waals surface area contributed by atoms with Gasteiger partial charge in [-0.15, -0.1) is 0 Å². The molecule has 0 radical (unpaired) electrons. The van der Waals surface area contributed by atoms with E-state index in [0.717, 1.165) is 60.5 Å². The summed E-state index contributed by atoms with van der Waals surface area (Å²) < 4.78 is 5.62. The molecule has 2 aliphatic rings. The Bertz CT molecular complexity index is 1250. The molecule has 4 heterocycles. The Morgan fingerprint density at radius 3 is 2.57 bits per heavy atom. The average Bonchev–Trinajstić information content (AvgIpc) is 3.44. The number of nitrogens with zero attached hydrogens (tertiary/aromatic N) is 3. The number of nitrogens with two attached hydrogens (primary N) is 1. The predicted octanol–water partition coefficient (Wildman–Crippen LogP) is 5.51. The highest BCUT2D eigenvalue weighted by atomic mass is 16.5. The lowest BCUT2D eigenvalue weighted by molar-refractivity contribution is 0.0851. The first kappa shape index (κ1) is 23.5. The fraction of sp³-hybridized carbons (Fsp3) is 0.414. The fourth-order valence-corrected chi connectivity index (χ4v) is 5.25. The summed E-state index contributed by atoms with van der Waals surface area (Å²) in [4.78, 5) is 8.97. The van der Waals surface area contributed by atoms with E-state index in [9.17, 15) is 5.26 Å². The molecule has 0 aliphatic carbocycles. The van der Waals surface area contributed by atoms with Gasteiger partial charge in [-0.3, -0.25) is 4.98 Å². The smallest absolute Gasteiger partial charge is 0.131 e. The Balaban J connectivity index is 1.55. The van der Waals surface area contributed by atoms with Crippen molar-refractivity contribution in [1.82, 2.24) is 15.3 Å². The summed E-state index contributed by atoms with van der Waals surface area (Å²) in [6, 6.07) is 15.6. The first-order valence-corrected chi connectivity index (χ1v) is 12.6. The van der Waals surface area contributed by atoms with E-state index in [1.54, 1.807) is 6.20 Å². The van der Waals surface area contributed by atoms with Crippen molar-refractivity contribution in [3.8, 4) is 28.3 Å². The topological polar surface area (TPSA) is 96.8 Å². The van der Waals surface area contributed by atoms with Crippen LogP contribution in [0.5, 0.6) is 0 Å². The summed E-state index contributed by atoms with van der Waals surface area (Å²) in [5.74, 6) is 1.02. The molecule has 2 aliphatic heterocycles. The van der Waals surface area contributed by atoms with Gasteiger partial charge in [0, 0.05) is 42.8 Å². The van der Waals surface area contributed by atoms with Gasteiger partial charge in [0.05, 0.1) is 17.2 Å². The molecule has 3 N–H and O–H groups in total. The Kier molecular flexibility index (Phi) is 6.55. The lowest BCUT2D eigenvalue weighted by Gasteiger charge is -2.27. The Morgan fingerprint density at radius 2 is 1.83 bits per heavy atom. The molecule has 0 bridgehead atoms. The molecule has 1 atom stereocenters. The molecule has 2 aromatic heterocycles. The van der Waals surface area contributed by atoms with E-state index in [0.29, 0.717) is 17.8 Å². The van der Waals surface area contributed by atoms with Crippen LogP contribution in [0.1, 0.15) is 68.3 Å². The molecule has 3 aromatic rings. The summed E-state index contributed by atoms with van der Waals surface area (Å²) in [7, 11) is 0. The van der Waals surface area contributed by atoms with Crippen molar-refractivity contribution < 1.29 is 4.74 Å². The van der Waals surface area contributed by atoms with Crippen molar-refractivity contribution in [2.24, 2.45) is 0 Å².